The zero-order valence-corrected chi connectivity index (χ0v) is 11.0. The molecule has 6 heteroatoms. The molecule has 0 unspecified atom stereocenters. The lowest BCUT2D eigenvalue weighted by Gasteiger charge is -2.08. The third kappa shape index (κ3) is 2.64. The van der Waals surface area contributed by atoms with Gasteiger partial charge in [-0.15, -0.1) is 0 Å². The number of phenolic OH excluding ortho intramolecular Hbond substituents is 1. The van der Waals surface area contributed by atoms with Crippen LogP contribution in [0.25, 0.3) is 11.1 Å². The van der Waals surface area contributed by atoms with Crippen LogP contribution in [0.3, 0.4) is 0 Å². The molecular weight excluding hydrogens is 292 g/mol. The number of oxime groups is 1. The Morgan fingerprint density at radius 2 is 1.84 bits per heavy atom. The van der Waals surface area contributed by atoms with E-state index in [0.29, 0.717) is 16.7 Å². The summed E-state index contributed by atoms with van der Waals surface area (Å²) in [5, 5.41) is 20.9. The first kappa shape index (κ1) is 13.6. The van der Waals surface area contributed by atoms with Crippen LogP contribution in [0, 0.1) is 5.82 Å². The normalized spacial score (nSPS) is 11.1. The zero-order chi connectivity index (χ0) is 14.0. The average molecular weight is 300 g/mol. The lowest BCUT2D eigenvalue weighted by molar-refractivity contribution is 0.322. The first-order valence-electron chi connectivity index (χ1n) is 5.19. The highest BCUT2D eigenvalue weighted by atomic mass is 35.5. The van der Waals surface area contributed by atoms with Gasteiger partial charge in [-0.1, -0.05) is 46.6 Å². The van der Waals surface area contributed by atoms with Crippen LogP contribution in [-0.2, 0) is 0 Å². The quantitative estimate of drug-likeness (QED) is 0.493. The summed E-state index contributed by atoms with van der Waals surface area (Å²) in [4.78, 5) is 0. The van der Waals surface area contributed by atoms with Crippen molar-refractivity contribution < 1.29 is 14.7 Å². The second kappa shape index (κ2) is 5.47. The molecule has 0 aliphatic heterocycles. The molecule has 0 saturated heterocycles. The number of rotatable bonds is 2. The van der Waals surface area contributed by atoms with E-state index in [1.807, 2.05) is 0 Å². The van der Waals surface area contributed by atoms with Gasteiger partial charge in [0.05, 0.1) is 16.3 Å². The Bertz CT molecular complexity index is 659. The molecule has 2 rings (SSSR count). The minimum Gasteiger partial charge on any atom is -0.505 e. The summed E-state index contributed by atoms with van der Waals surface area (Å²) >= 11 is 12.1. The lowest BCUT2D eigenvalue weighted by atomic mass is 10.0. The summed E-state index contributed by atoms with van der Waals surface area (Å²) in [5.41, 5.74) is 1.44. The predicted molar refractivity (Wildman–Crippen MR) is 72.9 cm³/mol. The summed E-state index contributed by atoms with van der Waals surface area (Å²) in [6, 6.07) is 7.13. The first-order chi connectivity index (χ1) is 9.04. The molecule has 0 bridgehead atoms. The van der Waals surface area contributed by atoms with Gasteiger partial charge in [0.1, 0.15) is 0 Å². The maximum Gasteiger partial charge on any atom is 0.165 e. The molecule has 2 N–H and O–H groups in total. The van der Waals surface area contributed by atoms with Crippen molar-refractivity contribution in [3.8, 4) is 16.9 Å². The molecule has 0 aromatic heterocycles. The van der Waals surface area contributed by atoms with E-state index in [1.165, 1.54) is 12.1 Å². The van der Waals surface area contributed by atoms with Crippen LogP contribution in [0.1, 0.15) is 5.56 Å². The minimum atomic E-state index is -0.745. The van der Waals surface area contributed by atoms with Crippen molar-refractivity contribution in [2.45, 2.75) is 0 Å². The van der Waals surface area contributed by atoms with Gasteiger partial charge in [0.25, 0.3) is 0 Å². The Morgan fingerprint density at radius 3 is 2.47 bits per heavy atom. The van der Waals surface area contributed by atoms with Crippen molar-refractivity contribution in [2.24, 2.45) is 5.16 Å². The molecule has 2 aromatic rings. The maximum atomic E-state index is 13.3. The number of halogens is 3. The van der Waals surface area contributed by atoms with Gasteiger partial charge in [0, 0.05) is 11.1 Å². The molecule has 0 radical (unpaired) electrons. The number of hydrogen-bond donors (Lipinski definition) is 2. The molecule has 0 saturated carbocycles. The second-order valence-corrected chi connectivity index (χ2v) is 4.50. The van der Waals surface area contributed by atoms with Crippen molar-refractivity contribution in [3.05, 3.63) is 51.8 Å². The van der Waals surface area contributed by atoms with Crippen LogP contribution in [0.4, 0.5) is 4.39 Å². The van der Waals surface area contributed by atoms with Crippen LogP contribution in [-0.4, -0.2) is 16.5 Å². The van der Waals surface area contributed by atoms with E-state index in [-0.39, 0.29) is 10.0 Å². The average Bonchev–Trinajstić information content (AvgIpc) is 2.39. The summed E-state index contributed by atoms with van der Waals surface area (Å²) in [6.07, 6.45) is 1.15. The number of phenols is 1. The molecular formula is C13H8Cl2FNO2. The smallest absolute Gasteiger partial charge is 0.165 e. The number of nitrogens with zero attached hydrogens (tertiary/aromatic N) is 1. The van der Waals surface area contributed by atoms with Crippen molar-refractivity contribution >= 4 is 29.4 Å². The summed E-state index contributed by atoms with van der Waals surface area (Å²) in [5.74, 6) is -1.18. The van der Waals surface area contributed by atoms with Gasteiger partial charge in [0.2, 0.25) is 0 Å². The molecule has 0 aliphatic rings. The van der Waals surface area contributed by atoms with Crippen LogP contribution in [0.5, 0.6) is 5.75 Å². The lowest BCUT2D eigenvalue weighted by Crippen LogP contribution is -1.88. The van der Waals surface area contributed by atoms with Crippen molar-refractivity contribution in [1.29, 1.82) is 0 Å². The van der Waals surface area contributed by atoms with Crippen molar-refractivity contribution in [1.82, 2.24) is 0 Å². The standard InChI is InChI=1S/C13H8Cl2FNO2/c14-12-8(6-17-19)1-3-9(13(12)15)7-2-4-11(18)10(16)5-7/h1-6,18-19H. The molecule has 19 heavy (non-hydrogen) atoms. The Balaban J connectivity index is 2.57. The Kier molecular flexibility index (Phi) is 3.93. The van der Waals surface area contributed by atoms with Gasteiger partial charge in [-0.2, -0.15) is 0 Å². The highest BCUT2D eigenvalue weighted by Crippen LogP contribution is 2.36. The summed E-state index contributed by atoms with van der Waals surface area (Å²) in [7, 11) is 0. The van der Waals surface area contributed by atoms with Crippen LogP contribution >= 0.6 is 23.2 Å². The molecule has 3 nitrogen and oxygen atoms in total. The zero-order valence-electron chi connectivity index (χ0n) is 9.44. The monoisotopic (exact) mass is 299 g/mol. The Morgan fingerprint density at radius 1 is 1.11 bits per heavy atom. The van der Waals surface area contributed by atoms with Crippen molar-refractivity contribution in [3.63, 3.8) is 0 Å². The fraction of sp³-hybridized carbons (Fsp3) is 0. The van der Waals surface area contributed by atoms with Gasteiger partial charge in [-0.25, -0.2) is 4.39 Å². The van der Waals surface area contributed by atoms with E-state index in [2.05, 4.69) is 5.16 Å². The molecule has 0 aliphatic carbocycles. The van der Waals surface area contributed by atoms with Crippen LogP contribution in [0.15, 0.2) is 35.5 Å². The molecule has 0 fully saturated rings. The molecule has 2 aromatic carbocycles. The predicted octanol–water partition coefficient (Wildman–Crippen LogP) is 4.31. The topological polar surface area (TPSA) is 52.8 Å². The van der Waals surface area contributed by atoms with Crippen molar-refractivity contribution in [2.75, 3.05) is 0 Å². The largest absolute Gasteiger partial charge is 0.505 e. The van der Waals surface area contributed by atoms with E-state index < -0.39 is 11.6 Å². The van der Waals surface area contributed by atoms with Crippen LogP contribution < -0.4 is 0 Å². The fourth-order valence-electron chi connectivity index (χ4n) is 1.62. The Hall–Kier alpha value is -1.78. The van der Waals surface area contributed by atoms with Gasteiger partial charge in [0.15, 0.2) is 11.6 Å². The van der Waals surface area contributed by atoms with E-state index in [1.54, 1.807) is 12.1 Å². The third-order valence-corrected chi connectivity index (χ3v) is 3.46. The fourth-order valence-corrected chi connectivity index (χ4v) is 2.12. The van der Waals surface area contributed by atoms with Gasteiger partial charge >= 0.3 is 0 Å². The SMILES string of the molecule is ON=Cc1ccc(-c2ccc(O)c(F)c2)c(Cl)c1Cl. The highest BCUT2D eigenvalue weighted by Gasteiger charge is 2.12. The number of benzene rings is 2. The second-order valence-electron chi connectivity index (χ2n) is 3.74. The van der Waals surface area contributed by atoms with E-state index in [4.69, 9.17) is 33.5 Å². The van der Waals surface area contributed by atoms with E-state index in [9.17, 15) is 4.39 Å². The van der Waals surface area contributed by atoms with Gasteiger partial charge in [-0.3, -0.25) is 0 Å². The molecule has 98 valence electrons. The first-order valence-corrected chi connectivity index (χ1v) is 5.94. The number of aromatic hydroxyl groups is 1. The summed E-state index contributed by atoms with van der Waals surface area (Å²) < 4.78 is 13.3. The summed E-state index contributed by atoms with van der Waals surface area (Å²) in [6.45, 7) is 0. The molecule has 0 spiro atoms. The van der Waals surface area contributed by atoms with Gasteiger partial charge in [-0.05, 0) is 17.7 Å². The molecule has 0 atom stereocenters. The van der Waals surface area contributed by atoms with Crippen LogP contribution in [0.2, 0.25) is 10.0 Å². The van der Waals surface area contributed by atoms with Gasteiger partial charge < -0.3 is 10.3 Å². The van der Waals surface area contributed by atoms with E-state index in [0.717, 1.165) is 12.3 Å². The number of hydrogen-bond acceptors (Lipinski definition) is 3. The molecule has 0 amide bonds. The Labute approximate surface area is 118 Å². The maximum absolute atomic E-state index is 13.3. The highest BCUT2D eigenvalue weighted by molar-refractivity contribution is 6.45. The molecule has 0 heterocycles. The minimum absolute atomic E-state index is 0.199. The van der Waals surface area contributed by atoms with E-state index >= 15 is 0 Å². The third-order valence-electron chi connectivity index (χ3n) is 2.57.